The van der Waals surface area contributed by atoms with E-state index in [4.69, 9.17) is 10.7 Å². The van der Waals surface area contributed by atoms with Crippen LogP contribution in [0.3, 0.4) is 0 Å². The Morgan fingerprint density at radius 1 is 1.56 bits per heavy atom. The van der Waals surface area contributed by atoms with Crippen molar-refractivity contribution in [3.63, 3.8) is 0 Å². The first-order valence-electron chi connectivity index (χ1n) is 5.04. The van der Waals surface area contributed by atoms with Gasteiger partial charge >= 0.3 is 0 Å². The van der Waals surface area contributed by atoms with E-state index in [2.05, 4.69) is 4.98 Å². The van der Waals surface area contributed by atoms with Gasteiger partial charge in [-0.2, -0.15) is 5.90 Å². The highest BCUT2D eigenvalue weighted by atomic mass is 32.2. The number of fused-ring (bicyclic) bond motifs is 1. The molecule has 2 rings (SSSR count). The second kappa shape index (κ2) is 4.03. The molecule has 1 aromatic rings. The maximum Gasteiger partial charge on any atom is 0.153 e. The van der Waals surface area contributed by atoms with Gasteiger partial charge in [0.1, 0.15) is 0 Å². The first-order valence-corrected chi connectivity index (χ1v) is 7.00. The molecule has 0 aliphatic heterocycles. The lowest BCUT2D eigenvalue weighted by Crippen LogP contribution is -2.28. The molecule has 6 heteroatoms. The van der Waals surface area contributed by atoms with Gasteiger partial charge in [0, 0.05) is 29.8 Å². The van der Waals surface area contributed by atoms with Crippen LogP contribution in [0.4, 0.5) is 0 Å². The average Bonchev–Trinajstić information content (AvgIpc) is 2.26. The Bertz CT molecular complexity index is 485. The number of hydrogen-bond donors (Lipinski definition) is 1. The van der Waals surface area contributed by atoms with E-state index in [1.165, 1.54) is 6.26 Å². The van der Waals surface area contributed by atoms with Crippen molar-refractivity contribution in [2.24, 2.45) is 5.90 Å². The Labute approximate surface area is 94.5 Å². The van der Waals surface area contributed by atoms with Crippen molar-refractivity contribution in [2.75, 3.05) is 6.26 Å². The van der Waals surface area contributed by atoms with Crippen LogP contribution in [0.2, 0.25) is 0 Å². The van der Waals surface area contributed by atoms with E-state index in [1.807, 2.05) is 0 Å². The molecule has 1 atom stereocenters. The minimum atomic E-state index is -3.02. The molecule has 1 aromatic heterocycles. The Morgan fingerprint density at radius 3 is 2.94 bits per heavy atom. The summed E-state index contributed by atoms with van der Waals surface area (Å²) in [5.41, 5.74) is 1.72. The van der Waals surface area contributed by atoms with Gasteiger partial charge in [-0.3, -0.25) is 4.98 Å². The molecule has 0 spiro atoms. The summed E-state index contributed by atoms with van der Waals surface area (Å²) in [6.45, 7) is 0. The topological polar surface area (TPSA) is 82.3 Å². The lowest BCUT2D eigenvalue weighted by atomic mass is 9.95. The van der Waals surface area contributed by atoms with Crippen molar-refractivity contribution in [1.29, 1.82) is 0 Å². The minimum absolute atomic E-state index is 0.349. The van der Waals surface area contributed by atoms with Gasteiger partial charge in [-0.25, -0.2) is 8.42 Å². The summed E-state index contributed by atoms with van der Waals surface area (Å²) in [6, 6.07) is 1.66. The lowest BCUT2D eigenvalue weighted by molar-refractivity contribution is 0.328. The molecule has 0 amide bonds. The molecule has 16 heavy (non-hydrogen) atoms. The SMILES string of the molecule is CS(=O)(=O)C1CCc2nccc(ON)c2C1. The predicted molar refractivity (Wildman–Crippen MR) is 59.7 cm³/mol. The zero-order chi connectivity index (χ0) is 11.8. The third kappa shape index (κ3) is 2.03. The Hall–Kier alpha value is -1.14. The molecule has 1 aliphatic rings. The average molecular weight is 242 g/mol. The summed E-state index contributed by atoms with van der Waals surface area (Å²) >= 11 is 0. The minimum Gasteiger partial charge on any atom is -0.411 e. The number of nitrogens with two attached hydrogens (primary N) is 1. The summed E-state index contributed by atoms with van der Waals surface area (Å²) in [6.07, 6.45) is 4.61. The highest BCUT2D eigenvalue weighted by Gasteiger charge is 2.29. The monoisotopic (exact) mass is 242 g/mol. The maximum atomic E-state index is 11.5. The highest BCUT2D eigenvalue weighted by molar-refractivity contribution is 7.91. The van der Waals surface area contributed by atoms with Crippen LogP contribution >= 0.6 is 0 Å². The van der Waals surface area contributed by atoms with Crippen LogP contribution in [0.5, 0.6) is 5.75 Å². The fourth-order valence-electron chi connectivity index (χ4n) is 2.05. The first-order chi connectivity index (χ1) is 7.52. The third-order valence-corrected chi connectivity index (χ3v) is 4.58. The number of nitrogens with zero attached hydrogens (tertiary/aromatic N) is 1. The summed E-state index contributed by atoms with van der Waals surface area (Å²) < 4.78 is 23.0. The van der Waals surface area contributed by atoms with Crippen molar-refractivity contribution >= 4 is 9.84 Å². The molecule has 0 bridgehead atoms. The Morgan fingerprint density at radius 2 is 2.31 bits per heavy atom. The van der Waals surface area contributed by atoms with Crippen molar-refractivity contribution < 1.29 is 13.3 Å². The molecule has 0 saturated heterocycles. The van der Waals surface area contributed by atoms with Crippen LogP contribution in [0, 0.1) is 0 Å². The maximum absolute atomic E-state index is 11.5. The van der Waals surface area contributed by atoms with Crippen LogP contribution in [-0.4, -0.2) is 24.9 Å². The van der Waals surface area contributed by atoms with E-state index >= 15 is 0 Å². The summed E-state index contributed by atoms with van der Waals surface area (Å²) in [5, 5.41) is -0.349. The Kier molecular flexibility index (Phi) is 2.86. The Balaban J connectivity index is 2.39. The van der Waals surface area contributed by atoms with Gasteiger partial charge in [0.05, 0.1) is 5.25 Å². The van der Waals surface area contributed by atoms with Crippen LogP contribution in [0.1, 0.15) is 17.7 Å². The van der Waals surface area contributed by atoms with Crippen LogP contribution in [-0.2, 0) is 22.7 Å². The highest BCUT2D eigenvalue weighted by Crippen LogP contribution is 2.29. The van der Waals surface area contributed by atoms with Gasteiger partial charge in [0.15, 0.2) is 15.6 Å². The van der Waals surface area contributed by atoms with Gasteiger partial charge in [-0.05, 0) is 19.3 Å². The van der Waals surface area contributed by atoms with E-state index < -0.39 is 9.84 Å². The molecular formula is C10H14N2O3S. The third-order valence-electron chi connectivity index (χ3n) is 2.97. The van der Waals surface area contributed by atoms with E-state index in [9.17, 15) is 8.42 Å². The number of hydrogen-bond acceptors (Lipinski definition) is 5. The van der Waals surface area contributed by atoms with E-state index in [0.717, 1.165) is 11.3 Å². The lowest BCUT2D eigenvalue weighted by Gasteiger charge is -2.23. The molecule has 0 aromatic carbocycles. The molecule has 0 saturated carbocycles. The summed E-state index contributed by atoms with van der Waals surface area (Å²) in [4.78, 5) is 8.95. The predicted octanol–water partition coefficient (Wildman–Crippen LogP) is 0.236. The van der Waals surface area contributed by atoms with E-state index in [-0.39, 0.29) is 5.25 Å². The summed E-state index contributed by atoms with van der Waals surface area (Å²) in [7, 11) is -3.02. The zero-order valence-electron chi connectivity index (χ0n) is 9.01. The first kappa shape index (κ1) is 11.3. The molecule has 1 heterocycles. The van der Waals surface area contributed by atoms with E-state index in [0.29, 0.717) is 25.0 Å². The number of pyridine rings is 1. The molecule has 0 radical (unpaired) electrons. The van der Waals surface area contributed by atoms with Gasteiger partial charge in [0.2, 0.25) is 0 Å². The second-order valence-corrected chi connectivity index (χ2v) is 6.37. The fourth-order valence-corrected chi connectivity index (χ4v) is 3.07. The van der Waals surface area contributed by atoms with Crippen molar-refractivity contribution in [1.82, 2.24) is 4.98 Å². The van der Waals surface area contributed by atoms with Gasteiger partial charge in [-0.1, -0.05) is 0 Å². The number of aryl methyl sites for hydroxylation is 1. The van der Waals surface area contributed by atoms with Crippen molar-refractivity contribution in [3.8, 4) is 5.75 Å². The van der Waals surface area contributed by atoms with Gasteiger partial charge < -0.3 is 4.84 Å². The smallest absolute Gasteiger partial charge is 0.153 e. The quantitative estimate of drug-likeness (QED) is 0.751. The summed E-state index contributed by atoms with van der Waals surface area (Å²) in [5.74, 6) is 5.68. The number of aromatic nitrogens is 1. The molecule has 1 unspecified atom stereocenters. The largest absolute Gasteiger partial charge is 0.411 e. The standard InChI is InChI=1S/C10H14N2O3S/c1-16(13,14)7-2-3-9-8(6-7)10(15-11)4-5-12-9/h4-5,7H,2-3,6,11H2,1H3. The number of sulfone groups is 1. The molecule has 0 fully saturated rings. The molecule has 5 nitrogen and oxygen atoms in total. The second-order valence-electron chi connectivity index (χ2n) is 4.05. The van der Waals surface area contributed by atoms with Crippen molar-refractivity contribution in [3.05, 3.63) is 23.5 Å². The molecular weight excluding hydrogens is 228 g/mol. The van der Waals surface area contributed by atoms with E-state index in [1.54, 1.807) is 12.3 Å². The van der Waals surface area contributed by atoms with Crippen LogP contribution in [0.25, 0.3) is 0 Å². The van der Waals surface area contributed by atoms with Gasteiger partial charge in [-0.15, -0.1) is 0 Å². The van der Waals surface area contributed by atoms with Crippen molar-refractivity contribution in [2.45, 2.75) is 24.5 Å². The number of rotatable bonds is 2. The fraction of sp³-hybridized carbons (Fsp3) is 0.500. The van der Waals surface area contributed by atoms with Gasteiger partial charge in [0.25, 0.3) is 0 Å². The molecule has 1 aliphatic carbocycles. The van der Waals surface area contributed by atoms with Crippen LogP contribution in [0.15, 0.2) is 12.3 Å². The molecule has 88 valence electrons. The van der Waals surface area contributed by atoms with Crippen LogP contribution < -0.4 is 10.7 Å². The zero-order valence-corrected chi connectivity index (χ0v) is 9.83. The normalized spacial score (nSPS) is 20.2. The molecule has 2 N–H and O–H groups in total.